The van der Waals surface area contributed by atoms with Crippen molar-refractivity contribution in [1.82, 2.24) is 0 Å². The summed E-state index contributed by atoms with van der Waals surface area (Å²) < 4.78 is 0. The SMILES string of the molecule is CCCCC/C=C\CCCC/C=C\CCC(O)CCCC(O)CC(O)CCCCCC(C)=O. The van der Waals surface area contributed by atoms with Gasteiger partial charge in [0.05, 0.1) is 18.3 Å². The Morgan fingerprint density at radius 3 is 1.70 bits per heavy atom. The second-order valence-corrected chi connectivity index (χ2v) is 9.73. The maximum absolute atomic E-state index is 10.9. The number of ketones is 1. The van der Waals surface area contributed by atoms with Crippen LogP contribution in [0.15, 0.2) is 24.3 Å². The summed E-state index contributed by atoms with van der Waals surface area (Å²) in [5.41, 5.74) is 0. The van der Waals surface area contributed by atoms with Crippen molar-refractivity contribution < 1.29 is 20.1 Å². The van der Waals surface area contributed by atoms with Gasteiger partial charge in [-0.15, -0.1) is 0 Å². The van der Waals surface area contributed by atoms with E-state index in [2.05, 4.69) is 31.2 Å². The number of Topliss-reactive ketones (excluding diaryl/α,β-unsaturated/α-hetero) is 1. The maximum Gasteiger partial charge on any atom is 0.129 e. The average molecular weight is 467 g/mol. The first-order valence-electron chi connectivity index (χ1n) is 13.8. The molecule has 0 aromatic heterocycles. The molecule has 3 unspecified atom stereocenters. The number of rotatable bonds is 24. The van der Waals surface area contributed by atoms with Crippen LogP contribution in [0.25, 0.3) is 0 Å². The third-order valence-electron chi connectivity index (χ3n) is 6.15. The monoisotopic (exact) mass is 466 g/mol. The molecular formula is C29H54O4. The van der Waals surface area contributed by atoms with Gasteiger partial charge in [-0.3, -0.25) is 0 Å². The molecule has 0 fully saturated rings. The maximum atomic E-state index is 10.9. The van der Waals surface area contributed by atoms with Gasteiger partial charge in [-0.2, -0.15) is 0 Å². The molecule has 3 N–H and O–H groups in total. The molecule has 0 aliphatic carbocycles. The van der Waals surface area contributed by atoms with Gasteiger partial charge >= 0.3 is 0 Å². The Morgan fingerprint density at radius 1 is 0.606 bits per heavy atom. The van der Waals surface area contributed by atoms with Crippen molar-refractivity contribution in [1.29, 1.82) is 0 Å². The largest absolute Gasteiger partial charge is 0.393 e. The lowest BCUT2D eigenvalue weighted by molar-refractivity contribution is -0.117. The number of aliphatic hydroxyl groups excluding tert-OH is 3. The van der Waals surface area contributed by atoms with Crippen molar-refractivity contribution in [3.8, 4) is 0 Å². The summed E-state index contributed by atoms with van der Waals surface area (Å²) in [7, 11) is 0. The molecule has 0 saturated heterocycles. The van der Waals surface area contributed by atoms with Crippen LogP contribution < -0.4 is 0 Å². The minimum Gasteiger partial charge on any atom is -0.393 e. The van der Waals surface area contributed by atoms with Crippen molar-refractivity contribution in [2.75, 3.05) is 0 Å². The molecule has 0 amide bonds. The lowest BCUT2D eigenvalue weighted by Gasteiger charge is -2.16. The molecule has 194 valence electrons. The predicted molar refractivity (Wildman–Crippen MR) is 140 cm³/mol. The second kappa shape index (κ2) is 24.2. The van der Waals surface area contributed by atoms with Gasteiger partial charge in [-0.05, 0) is 96.8 Å². The number of carbonyl (C=O) groups excluding carboxylic acids is 1. The smallest absolute Gasteiger partial charge is 0.129 e. The first-order chi connectivity index (χ1) is 16.0. The van der Waals surface area contributed by atoms with Gasteiger partial charge in [-0.25, -0.2) is 0 Å². The van der Waals surface area contributed by atoms with Crippen LogP contribution in [0.5, 0.6) is 0 Å². The van der Waals surface area contributed by atoms with Crippen LogP contribution in [-0.2, 0) is 4.79 Å². The topological polar surface area (TPSA) is 77.8 Å². The van der Waals surface area contributed by atoms with Crippen molar-refractivity contribution >= 4 is 5.78 Å². The highest BCUT2D eigenvalue weighted by atomic mass is 16.3. The molecular weight excluding hydrogens is 412 g/mol. The van der Waals surface area contributed by atoms with E-state index in [0.29, 0.717) is 32.1 Å². The molecule has 4 nitrogen and oxygen atoms in total. The Labute approximate surface area is 204 Å². The van der Waals surface area contributed by atoms with Gasteiger partial charge < -0.3 is 20.1 Å². The summed E-state index contributed by atoms with van der Waals surface area (Å²) >= 11 is 0. The molecule has 0 rings (SSSR count). The fourth-order valence-electron chi connectivity index (χ4n) is 4.01. The first kappa shape index (κ1) is 32.0. The fraction of sp³-hybridized carbons (Fsp3) is 0.828. The van der Waals surface area contributed by atoms with Crippen molar-refractivity contribution in [3.05, 3.63) is 24.3 Å². The third kappa shape index (κ3) is 25.5. The van der Waals surface area contributed by atoms with Gasteiger partial charge in [0.25, 0.3) is 0 Å². The van der Waals surface area contributed by atoms with Gasteiger partial charge in [0.15, 0.2) is 0 Å². The molecule has 0 radical (unpaired) electrons. The van der Waals surface area contributed by atoms with E-state index >= 15 is 0 Å². The number of hydrogen-bond donors (Lipinski definition) is 3. The van der Waals surface area contributed by atoms with E-state index < -0.39 is 12.2 Å². The molecule has 0 aromatic carbocycles. The number of allylic oxidation sites excluding steroid dienone is 4. The Hall–Kier alpha value is -0.970. The summed E-state index contributed by atoms with van der Waals surface area (Å²) in [6, 6.07) is 0. The van der Waals surface area contributed by atoms with Crippen molar-refractivity contribution in [2.45, 2.75) is 154 Å². The zero-order valence-electron chi connectivity index (χ0n) is 21.7. The summed E-state index contributed by atoms with van der Waals surface area (Å²) in [4.78, 5) is 10.9. The Kier molecular flexibility index (Phi) is 23.5. The van der Waals surface area contributed by atoms with E-state index in [1.54, 1.807) is 6.92 Å². The number of carbonyl (C=O) groups is 1. The van der Waals surface area contributed by atoms with Crippen LogP contribution in [0.1, 0.15) is 136 Å². The predicted octanol–water partition coefficient (Wildman–Crippen LogP) is 7.20. The molecule has 0 spiro atoms. The zero-order chi connectivity index (χ0) is 24.6. The number of aliphatic hydroxyl groups is 3. The highest BCUT2D eigenvalue weighted by Crippen LogP contribution is 2.15. The van der Waals surface area contributed by atoms with E-state index in [4.69, 9.17) is 0 Å². The van der Waals surface area contributed by atoms with Gasteiger partial charge in [0.1, 0.15) is 5.78 Å². The summed E-state index contributed by atoms with van der Waals surface area (Å²) in [6.07, 6.45) is 25.9. The van der Waals surface area contributed by atoms with Crippen LogP contribution in [0.2, 0.25) is 0 Å². The van der Waals surface area contributed by atoms with Crippen molar-refractivity contribution in [2.24, 2.45) is 0 Å². The normalized spacial score (nSPS) is 14.8. The number of unbranched alkanes of at least 4 members (excludes halogenated alkanes) is 8. The number of hydrogen-bond acceptors (Lipinski definition) is 4. The quantitative estimate of drug-likeness (QED) is 0.104. The molecule has 3 atom stereocenters. The average Bonchev–Trinajstić information content (AvgIpc) is 2.76. The Balaban J connectivity index is 3.54. The minimum atomic E-state index is -0.504. The molecule has 0 saturated carbocycles. The van der Waals surface area contributed by atoms with Crippen LogP contribution in [0.3, 0.4) is 0 Å². The molecule has 0 aromatic rings. The van der Waals surface area contributed by atoms with Crippen LogP contribution in [-0.4, -0.2) is 39.4 Å². The zero-order valence-corrected chi connectivity index (χ0v) is 21.7. The van der Waals surface area contributed by atoms with Gasteiger partial charge in [0, 0.05) is 6.42 Å². The lowest BCUT2D eigenvalue weighted by Crippen LogP contribution is -2.18. The molecule has 0 heterocycles. The first-order valence-corrected chi connectivity index (χ1v) is 13.8. The molecule has 0 aliphatic rings. The van der Waals surface area contributed by atoms with Crippen molar-refractivity contribution in [3.63, 3.8) is 0 Å². The van der Waals surface area contributed by atoms with E-state index in [1.165, 1.54) is 44.9 Å². The van der Waals surface area contributed by atoms with E-state index in [9.17, 15) is 20.1 Å². The van der Waals surface area contributed by atoms with E-state index in [1.807, 2.05) is 0 Å². The molecule has 0 aliphatic heterocycles. The molecule has 33 heavy (non-hydrogen) atoms. The highest BCUT2D eigenvalue weighted by molar-refractivity contribution is 5.75. The summed E-state index contributed by atoms with van der Waals surface area (Å²) in [5, 5.41) is 30.3. The van der Waals surface area contributed by atoms with E-state index in [0.717, 1.165) is 44.9 Å². The second-order valence-electron chi connectivity index (χ2n) is 9.73. The lowest BCUT2D eigenvalue weighted by atomic mass is 9.99. The van der Waals surface area contributed by atoms with Crippen LogP contribution >= 0.6 is 0 Å². The van der Waals surface area contributed by atoms with E-state index in [-0.39, 0.29) is 11.9 Å². The minimum absolute atomic E-state index is 0.219. The Morgan fingerprint density at radius 2 is 1.12 bits per heavy atom. The Bertz CT molecular complexity index is 486. The van der Waals surface area contributed by atoms with Gasteiger partial charge in [-0.1, -0.05) is 56.9 Å². The van der Waals surface area contributed by atoms with Crippen LogP contribution in [0, 0.1) is 0 Å². The molecule has 0 bridgehead atoms. The van der Waals surface area contributed by atoms with Crippen LogP contribution in [0.4, 0.5) is 0 Å². The summed E-state index contributed by atoms with van der Waals surface area (Å²) in [5.74, 6) is 0.219. The molecule has 4 heteroatoms. The third-order valence-corrected chi connectivity index (χ3v) is 6.15. The standard InChI is InChI=1S/C29H54O4/c1-3-4-5-6-7-8-9-10-11-12-13-14-17-21-27(31)23-19-24-29(33)25-28(32)22-18-15-16-20-26(2)30/h7-8,13-14,27-29,31-33H,3-6,9-12,15-25H2,1-2H3/b8-7-,14-13-. The van der Waals surface area contributed by atoms with Gasteiger partial charge in [0.2, 0.25) is 0 Å². The fourth-order valence-corrected chi connectivity index (χ4v) is 4.01. The highest BCUT2D eigenvalue weighted by Gasteiger charge is 2.12. The summed E-state index contributed by atoms with van der Waals surface area (Å²) in [6.45, 7) is 3.85.